The minimum Gasteiger partial charge on any atom is -0.406 e. The first kappa shape index (κ1) is 35.6. The maximum atomic E-state index is 13.7. The second kappa shape index (κ2) is 15.1. The molecule has 1 unspecified atom stereocenters. The minimum atomic E-state index is -4.78. The van der Waals surface area contributed by atoms with Gasteiger partial charge in [0.05, 0.1) is 5.41 Å². The number of amides is 2. The van der Waals surface area contributed by atoms with Gasteiger partial charge in [-0.1, -0.05) is 53.9 Å². The van der Waals surface area contributed by atoms with Gasteiger partial charge in [0, 0.05) is 49.7 Å². The Labute approximate surface area is 273 Å². The number of hydrogen-bond donors (Lipinski definition) is 0. The quantitative estimate of drug-likeness (QED) is 0.288. The summed E-state index contributed by atoms with van der Waals surface area (Å²) in [5.41, 5.74) is 3.08. The Balaban J connectivity index is 0.000000617. The molecule has 0 radical (unpaired) electrons. The van der Waals surface area contributed by atoms with Crippen LogP contribution in [0.25, 0.3) is 0 Å². The molecule has 1 atom stereocenters. The first-order chi connectivity index (χ1) is 21.7. The highest BCUT2D eigenvalue weighted by molar-refractivity contribution is 6.01. The van der Waals surface area contributed by atoms with E-state index in [-0.39, 0.29) is 17.6 Å². The predicted octanol–water partition coefficient (Wildman–Crippen LogP) is 8.87. The van der Waals surface area contributed by atoms with Gasteiger partial charge in [0.2, 0.25) is 5.91 Å². The van der Waals surface area contributed by atoms with Crippen LogP contribution in [0, 0.1) is 30.1 Å². The molecule has 3 aliphatic heterocycles. The summed E-state index contributed by atoms with van der Waals surface area (Å²) < 4.78 is 41.1. The van der Waals surface area contributed by atoms with Gasteiger partial charge in [0.25, 0.3) is 5.91 Å². The van der Waals surface area contributed by atoms with Gasteiger partial charge in [-0.2, -0.15) is 0 Å². The molecule has 2 aromatic carbocycles. The molecule has 0 aliphatic carbocycles. The predicted molar refractivity (Wildman–Crippen MR) is 178 cm³/mol. The van der Waals surface area contributed by atoms with E-state index in [0.29, 0.717) is 49.9 Å². The molecule has 2 amide bonds. The van der Waals surface area contributed by atoms with Crippen molar-refractivity contribution in [1.82, 2.24) is 4.90 Å². The lowest BCUT2D eigenvalue weighted by atomic mass is 9.77. The molecule has 0 N–H and O–H groups in total. The van der Waals surface area contributed by atoms with Gasteiger partial charge in [-0.05, 0) is 98.4 Å². The first-order valence-corrected chi connectivity index (χ1v) is 17.1. The highest BCUT2D eigenvalue weighted by Crippen LogP contribution is 2.44. The van der Waals surface area contributed by atoms with Crippen LogP contribution < -0.4 is 14.5 Å². The molecule has 3 fully saturated rings. The Morgan fingerprint density at radius 1 is 0.978 bits per heavy atom. The van der Waals surface area contributed by atoms with Gasteiger partial charge in [-0.15, -0.1) is 13.2 Å². The summed E-state index contributed by atoms with van der Waals surface area (Å²) in [6, 6.07) is 11.4. The van der Waals surface area contributed by atoms with Gasteiger partial charge in [-0.3, -0.25) is 9.59 Å². The van der Waals surface area contributed by atoms with Crippen LogP contribution in [0.1, 0.15) is 95.5 Å². The van der Waals surface area contributed by atoms with E-state index >= 15 is 0 Å². The number of likely N-dealkylation sites (tertiary alicyclic amines) is 1. The first-order valence-electron chi connectivity index (χ1n) is 17.1. The van der Waals surface area contributed by atoms with E-state index in [2.05, 4.69) is 69.4 Å². The number of rotatable bonds is 8. The summed E-state index contributed by atoms with van der Waals surface area (Å²) >= 11 is 0. The molecule has 1 spiro atoms. The summed E-state index contributed by atoms with van der Waals surface area (Å²) in [6.07, 6.45) is 2.48. The third kappa shape index (κ3) is 8.77. The number of carbonyl (C=O) groups is 2. The normalized spacial score (nSPS) is 19.7. The van der Waals surface area contributed by atoms with E-state index < -0.39 is 11.8 Å². The number of carbonyl (C=O) groups excluding carboxylic acids is 2. The molecule has 3 aliphatic rings. The summed E-state index contributed by atoms with van der Waals surface area (Å²) in [5, 5.41) is 0. The number of anilines is 2. The van der Waals surface area contributed by atoms with Gasteiger partial charge < -0.3 is 19.4 Å². The fraction of sp³-hybridized carbons (Fsp3) is 0.622. The van der Waals surface area contributed by atoms with Crippen LogP contribution in [-0.2, 0) is 4.79 Å². The number of unbranched alkanes of at least 4 members (excludes halogenated alkanes) is 1. The zero-order chi connectivity index (χ0) is 33.6. The number of hydrogen-bond acceptors (Lipinski definition) is 4. The molecule has 46 heavy (non-hydrogen) atoms. The highest BCUT2D eigenvalue weighted by Gasteiger charge is 2.49. The van der Waals surface area contributed by atoms with Crippen molar-refractivity contribution in [2.24, 2.45) is 23.2 Å². The molecule has 254 valence electrons. The summed E-state index contributed by atoms with van der Waals surface area (Å²) in [7, 11) is 0. The van der Waals surface area contributed by atoms with E-state index in [0.717, 1.165) is 48.8 Å². The van der Waals surface area contributed by atoms with Crippen LogP contribution in [0.15, 0.2) is 42.5 Å². The Bertz CT molecular complexity index is 1320. The lowest BCUT2D eigenvalue weighted by Gasteiger charge is -2.38. The van der Waals surface area contributed by atoms with E-state index in [4.69, 9.17) is 0 Å². The van der Waals surface area contributed by atoms with Crippen LogP contribution in [0.4, 0.5) is 24.5 Å². The Kier molecular flexibility index (Phi) is 11.7. The third-order valence-electron chi connectivity index (χ3n) is 9.99. The molecule has 3 saturated heterocycles. The lowest BCUT2D eigenvalue weighted by Crippen LogP contribution is -2.46. The summed E-state index contributed by atoms with van der Waals surface area (Å²) in [4.78, 5) is 32.7. The number of piperidine rings is 1. The fourth-order valence-corrected chi connectivity index (χ4v) is 6.95. The average Bonchev–Trinajstić information content (AvgIpc) is 3.62. The van der Waals surface area contributed by atoms with Gasteiger partial charge in [-0.25, -0.2) is 0 Å². The molecule has 0 bridgehead atoms. The summed E-state index contributed by atoms with van der Waals surface area (Å²) in [5.74, 6) is 1.80. The summed E-state index contributed by atoms with van der Waals surface area (Å²) in [6.45, 7) is 17.1. The van der Waals surface area contributed by atoms with Crippen molar-refractivity contribution in [3.63, 3.8) is 0 Å². The minimum absolute atomic E-state index is 0.125. The number of ether oxygens (including phenoxy) is 1. The van der Waals surface area contributed by atoms with E-state index in [1.807, 2.05) is 4.90 Å². The number of nitrogens with zero attached hydrogens (tertiary/aromatic N) is 3. The second-order valence-corrected chi connectivity index (χ2v) is 14.1. The van der Waals surface area contributed by atoms with Crippen molar-refractivity contribution < 1.29 is 27.5 Å². The Morgan fingerprint density at radius 3 is 2.15 bits per heavy atom. The van der Waals surface area contributed by atoms with Gasteiger partial charge in [0.1, 0.15) is 5.75 Å². The maximum Gasteiger partial charge on any atom is 0.573 e. The molecule has 0 saturated carbocycles. The maximum absolute atomic E-state index is 13.7. The number of halogens is 3. The Hall–Kier alpha value is -3.23. The fourth-order valence-electron chi connectivity index (χ4n) is 6.95. The second-order valence-electron chi connectivity index (χ2n) is 14.1. The molecule has 9 heteroatoms. The van der Waals surface area contributed by atoms with Crippen molar-refractivity contribution in [1.29, 1.82) is 0 Å². The Morgan fingerprint density at radius 2 is 1.63 bits per heavy atom. The molecule has 5 rings (SSSR count). The van der Waals surface area contributed by atoms with Gasteiger partial charge >= 0.3 is 6.36 Å². The zero-order valence-electron chi connectivity index (χ0n) is 28.5. The number of alkyl halides is 3. The standard InChI is InChI=1S/C30H36F3N3O3.C7H16/c1-20(2)23-10-14-35(19-23)24-6-9-26(21(3)18-24)36-17-13-29(28(36)38)11-15-34(16-12-29)27(37)22-4-7-25(8-5-22)39-30(31,32)33;1-4-5-6-7(2)3/h4-9,18,20,23H,10-17,19H2,1-3H3;7H,4-6H2,1-3H3. The third-order valence-corrected chi connectivity index (χ3v) is 9.99. The van der Waals surface area contributed by atoms with E-state index in [1.54, 1.807) is 4.90 Å². The number of aryl methyl sites for hydroxylation is 1. The van der Waals surface area contributed by atoms with Gasteiger partial charge in [0.15, 0.2) is 0 Å². The molecular weight excluding hydrogens is 591 g/mol. The molecule has 6 nitrogen and oxygen atoms in total. The van der Waals surface area contributed by atoms with Crippen LogP contribution in [0.3, 0.4) is 0 Å². The van der Waals surface area contributed by atoms with Crippen LogP contribution in [0.5, 0.6) is 5.75 Å². The topological polar surface area (TPSA) is 53.1 Å². The van der Waals surface area contributed by atoms with Crippen molar-refractivity contribution in [2.75, 3.05) is 42.5 Å². The van der Waals surface area contributed by atoms with Crippen LogP contribution in [0.2, 0.25) is 0 Å². The molecule has 2 aromatic rings. The largest absolute Gasteiger partial charge is 0.573 e. The van der Waals surface area contributed by atoms with E-state index in [1.165, 1.54) is 43.5 Å². The smallest absolute Gasteiger partial charge is 0.406 e. The van der Waals surface area contributed by atoms with Crippen molar-refractivity contribution in [2.45, 2.75) is 92.9 Å². The SMILES string of the molecule is CCCCC(C)C.Cc1cc(N2CCC(C(C)C)C2)ccc1N1CCC2(CCN(C(=O)c3ccc(OC(F)(F)F)cc3)CC2)C1=O. The van der Waals surface area contributed by atoms with Crippen LogP contribution in [-0.4, -0.2) is 55.8 Å². The van der Waals surface area contributed by atoms with Crippen LogP contribution >= 0.6 is 0 Å². The zero-order valence-corrected chi connectivity index (χ0v) is 28.5. The van der Waals surface area contributed by atoms with Crippen molar-refractivity contribution in [3.8, 4) is 5.75 Å². The van der Waals surface area contributed by atoms with Crippen molar-refractivity contribution >= 4 is 23.2 Å². The lowest BCUT2D eigenvalue weighted by molar-refractivity contribution is -0.274. The molecular formula is C37H52F3N3O3. The van der Waals surface area contributed by atoms with E-state index in [9.17, 15) is 22.8 Å². The monoisotopic (exact) mass is 643 g/mol. The molecule has 3 heterocycles. The average molecular weight is 644 g/mol. The number of benzene rings is 2. The highest BCUT2D eigenvalue weighted by atomic mass is 19.4. The van der Waals surface area contributed by atoms with Crippen molar-refractivity contribution in [3.05, 3.63) is 53.6 Å². The molecule has 0 aromatic heterocycles.